The van der Waals surface area contributed by atoms with Crippen LogP contribution in [0, 0.1) is 0 Å². The lowest BCUT2D eigenvalue weighted by Gasteiger charge is -2.20. The Morgan fingerprint density at radius 1 is 0.647 bits per heavy atom. The van der Waals surface area contributed by atoms with Crippen molar-refractivity contribution in [1.29, 1.82) is 0 Å². The molecular formula is C28H21Cl2O3P. The number of hydrogen-bond donors (Lipinski definition) is 0. The lowest BCUT2D eigenvalue weighted by Crippen LogP contribution is -2.15. The Bertz CT molecular complexity index is 1440. The van der Waals surface area contributed by atoms with Gasteiger partial charge in [0.2, 0.25) is 0 Å². The smallest absolute Gasteiger partial charge is 0.172 e. The van der Waals surface area contributed by atoms with Crippen molar-refractivity contribution in [3.8, 4) is 11.5 Å². The summed E-state index contributed by atoms with van der Waals surface area (Å²) in [5.41, 5.74) is 3.55. The minimum atomic E-state index is -3.26. The maximum Gasteiger partial charge on any atom is 0.172 e. The second-order valence-electron chi connectivity index (χ2n) is 7.93. The summed E-state index contributed by atoms with van der Waals surface area (Å²) in [5, 5.41) is 3.42. The molecule has 0 saturated heterocycles. The normalized spacial score (nSPS) is 16.9. The summed E-state index contributed by atoms with van der Waals surface area (Å²) in [7, 11) is 0.00561. The molecule has 0 aromatic heterocycles. The highest BCUT2D eigenvalue weighted by molar-refractivity contribution is 7.88. The maximum atomic E-state index is 15.3. The largest absolute Gasteiger partial charge is 0.497 e. The SMILES string of the molecule is COc1ccc(C2=C(c3ccc(OC)cc3)P(=O)(c3ccc(Cl)cc3)c3ccc(Cl)cc32)cc1. The van der Waals surface area contributed by atoms with E-state index in [1.807, 2.05) is 72.8 Å². The van der Waals surface area contributed by atoms with Gasteiger partial charge in [0.15, 0.2) is 7.14 Å². The molecule has 0 saturated carbocycles. The third kappa shape index (κ3) is 3.75. The summed E-state index contributed by atoms with van der Waals surface area (Å²) >= 11 is 12.6. The van der Waals surface area contributed by atoms with E-state index in [-0.39, 0.29) is 0 Å². The molecule has 1 atom stereocenters. The average molecular weight is 507 g/mol. The van der Waals surface area contributed by atoms with Crippen molar-refractivity contribution in [2.75, 3.05) is 14.2 Å². The highest BCUT2D eigenvalue weighted by Gasteiger charge is 2.43. The Hall–Kier alpha value is -2.97. The first-order chi connectivity index (χ1) is 16.5. The zero-order valence-electron chi connectivity index (χ0n) is 18.6. The summed E-state index contributed by atoms with van der Waals surface area (Å²) in [6.07, 6.45) is 0. The van der Waals surface area contributed by atoms with Gasteiger partial charge in [-0.2, -0.15) is 0 Å². The fourth-order valence-corrected chi connectivity index (χ4v) is 7.95. The topological polar surface area (TPSA) is 35.5 Å². The van der Waals surface area contributed by atoms with E-state index >= 15 is 4.57 Å². The summed E-state index contributed by atoms with van der Waals surface area (Å²) in [5.74, 6) is 1.48. The van der Waals surface area contributed by atoms with Gasteiger partial charge in [-0.3, -0.25) is 0 Å². The van der Waals surface area contributed by atoms with Crippen molar-refractivity contribution in [2.45, 2.75) is 0 Å². The summed E-state index contributed by atoms with van der Waals surface area (Å²) < 4.78 is 26.0. The lowest BCUT2D eigenvalue weighted by atomic mass is 9.95. The Kier molecular flexibility index (Phi) is 6.04. The van der Waals surface area contributed by atoms with Crippen LogP contribution in [0.5, 0.6) is 11.5 Å². The number of benzene rings is 4. The molecule has 0 bridgehead atoms. The zero-order valence-corrected chi connectivity index (χ0v) is 21.0. The van der Waals surface area contributed by atoms with Gasteiger partial charge in [0.05, 0.1) is 14.2 Å². The van der Waals surface area contributed by atoms with Crippen molar-refractivity contribution in [2.24, 2.45) is 0 Å². The first-order valence-electron chi connectivity index (χ1n) is 10.7. The Morgan fingerprint density at radius 2 is 1.18 bits per heavy atom. The second kappa shape index (κ2) is 9.00. The number of ether oxygens (including phenoxy) is 2. The van der Waals surface area contributed by atoms with Crippen LogP contribution in [0.3, 0.4) is 0 Å². The summed E-state index contributed by atoms with van der Waals surface area (Å²) in [4.78, 5) is 0. The molecule has 3 nitrogen and oxygen atoms in total. The molecule has 170 valence electrons. The molecule has 1 heterocycles. The van der Waals surface area contributed by atoms with Crippen LogP contribution in [0.25, 0.3) is 10.9 Å². The summed E-state index contributed by atoms with van der Waals surface area (Å²) in [6, 6.07) is 28.3. The van der Waals surface area contributed by atoms with Gasteiger partial charge in [0.1, 0.15) is 11.5 Å². The molecule has 0 radical (unpaired) electrons. The van der Waals surface area contributed by atoms with Crippen LogP contribution in [-0.4, -0.2) is 14.2 Å². The monoisotopic (exact) mass is 506 g/mol. The van der Waals surface area contributed by atoms with E-state index in [0.29, 0.717) is 10.0 Å². The van der Waals surface area contributed by atoms with E-state index in [4.69, 9.17) is 32.7 Å². The minimum Gasteiger partial charge on any atom is -0.497 e. The highest BCUT2D eigenvalue weighted by atomic mass is 35.5. The first-order valence-corrected chi connectivity index (χ1v) is 13.1. The Labute approximate surface area is 208 Å². The van der Waals surface area contributed by atoms with E-state index < -0.39 is 7.14 Å². The van der Waals surface area contributed by atoms with E-state index in [9.17, 15) is 0 Å². The molecule has 0 fully saturated rings. The van der Waals surface area contributed by atoms with E-state index in [1.54, 1.807) is 32.4 Å². The van der Waals surface area contributed by atoms with Gasteiger partial charge in [-0.25, -0.2) is 0 Å². The van der Waals surface area contributed by atoms with Crippen molar-refractivity contribution >= 4 is 51.8 Å². The van der Waals surface area contributed by atoms with E-state index in [1.165, 1.54) is 0 Å². The van der Waals surface area contributed by atoms with Crippen LogP contribution < -0.4 is 20.1 Å². The third-order valence-electron chi connectivity index (χ3n) is 6.05. The Balaban J connectivity index is 1.88. The molecule has 1 aliphatic rings. The number of hydrogen-bond acceptors (Lipinski definition) is 3. The van der Waals surface area contributed by atoms with Gasteiger partial charge >= 0.3 is 0 Å². The summed E-state index contributed by atoms with van der Waals surface area (Å²) in [6.45, 7) is 0. The lowest BCUT2D eigenvalue weighted by molar-refractivity contribution is 0.414. The molecule has 1 aliphatic heterocycles. The van der Waals surface area contributed by atoms with Crippen molar-refractivity contribution < 1.29 is 14.0 Å². The molecule has 0 N–H and O–H groups in total. The Morgan fingerprint density at radius 3 is 1.74 bits per heavy atom. The molecule has 0 amide bonds. The predicted molar refractivity (Wildman–Crippen MR) is 142 cm³/mol. The number of fused-ring (bicyclic) bond motifs is 1. The van der Waals surface area contributed by atoms with Gasteiger partial charge in [-0.05, 0) is 83.4 Å². The fraction of sp³-hybridized carbons (Fsp3) is 0.0714. The van der Waals surface area contributed by atoms with Crippen molar-refractivity contribution in [1.82, 2.24) is 0 Å². The van der Waals surface area contributed by atoms with E-state index in [2.05, 4.69) is 0 Å². The molecule has 6 heteroatoms. The second-order valence-corrected chi connectivity index (χ2v) is 11.5. The van der Waals surface area contributed by atoms with Crippen LogP contribution >= 0.6 is 30.3 Å². The molecule has 34 heavy (non-hydrogen) atoms. The third-order valence-corrected chi connectivity index (χ3v) is 9.74. The van der Waals surface area contributed by atoms with Gasteiger partial charge in [-0.15, -0.1) is 0 Å². The first kappa shape index (κ1) is 22.8. The minimum absolute atomic E-state index is 0.586. The maximum absolute atomic E-state index is 15.3. The quantitative estimate of drug-likeness (QED) is 0.267. The number of halogens is 2. The predicted octanol–water partition coefficient (Wildman–Crippen LogP) is 7.25. The molecule has 0 spiro atoms. The van der Waals surface area contributed by atoms with Crippen LogP contribution in [-0.2, 0) is 4.57 Å². The van der Waals surface area contributed by atoms with Crippen LogP contribution in [0.1, 0.15) is 16.7 Å². The van der Waals surface area contributed by atoms with Crippen LogP contribution in [0.4, 0.5) is 0 Å². The molecule has 5 rings (SSSR count). The molecular weight excluding hydrogens is 486 g/mol. The van der Waals surface area contributed by atoms with Crippen molar-refractivity contribution in [3.05, 3.63) is 118 Å². The van der Waals surface area contributed by atoms with E-state index in [0.717, 1.165) is 49.7 Å². The van der Waals surface area contributed by atoms with Gasteiger partial charge in [0.25, 0.3) is 0 Å². The molecule has 4 aromatic carbocycles. The fourth-order valence-electron chi connectivity index (χ4n) is 4.43. The molecule has 1 unspecified atom stereocenters. The number of methoxy groups -OCH3 is 2. The zero-order chi connectivity index (χ0) is 23.9. The van der Waals surface area contributed by atoms with Gasteiger partial charge in [-0.1, -0.05) is 47.5 Å². The molecule has 4 aromatic rings. The number of rotatable bonds is 5. The van der Waals surface area contributed by atoms with Crippen LogP contribution in [0.15, 0.2) is 91.0 Å². The van der Waals surface area contributed by atoms with Gasteiger partial charge < -0.3 is 14.0 Å². The van der Waals surface area contributed by atoms with Crippen LogP contribution in [0.2, 0.25) is 10.0 Å². The van der Waals surface area contributed by atoms with Gasteiger partial charge in [0, 0.05) is 31.5 Å². The molecule has 0 aliphatic carbocycles. The average Bonchev–Trinajstić information content (AvgIpc) is 3.13. The standard InChI is InChI=1S/C28H21Cl2O3P/c1-32-22-10-3-18(4-11-22)27-25-17-21(30)9-16-26(25)34(31,24-14-7-20(29)8-15-24)28(27)19-5-12-23(33-2)13-6-19/h3-17H,1-2H3. The highest BCUT2D eigenvalue weighted by Crippen LogP contribution is 2.65. The van der Waals surface area contributed by atoms with Crippen molar-refractivity contribution in [3.63, 3.8) is 0 Å².